The molecule has 0 atom stereocenters. The topological polar surface area (TPSA) is 65.4 Å². The van der Waals surface area contributed by atoms with Crippen molar-refractivity contribution in [3.05, 3.63) is 76.0 Å². The molecule has 0 amide bonds. The number of fused-ring (bicyclic) bond motifs is 3. The summed E-state index contributed by atoms with van der Waals surface area (Å²) in [5, 5.41) is 5.27. The standard InChI is InChI=1S/C22H19BrN2O2.C4H9NO/c1-3-27-22(26)19-11-17-16-6-4-5-7-20(16)25(21(17)12-24-19)13-15-10-14(2)8-9-18(15)23;1-3-6-4-2-5-1/h4-12H,3,13H2,1-2H3;5H,1-4H2. The fourth-order valence-corrected chi connectivity index (χ4v) is 4.32. The number of pyridine rings is 1. The number of morpholine rings is 1. The number of carbonyl (C=O) groups excluding carboxylic acids is 1. The second-order valence-corrected chi connectivity index (χ2v) is 8.72. The van der Waals surface area contributed by atoms with Crippen LogP contribution < -0.4 is 5.32 Å². The Balaban J connectivity index is 0.000000376. The highest BCUT2D eigenvalue weighted by atomic mass is 79.9. The summed E-state index contributed by atoms with van der Waals surface area (Å²) in [7, 11) is 0. The van der Waals surface area contributed by atoms with E-state index in [2.05, 4.69) is 68.1 Å². The van der Waals surface area contributed by atoms with E-state index in [1.165, 1.54) is 11.1 Å². The molecule has 1 saturated heterocycles. The summed E-state index contributed by atoms with van der Waals surface area (Å²) in [6.07, 6.45) is 1.77. The third kappa shape index (κ3) is 5.43. The summed E-state index contributed by atoms with van der Waals surface area (Å²) in [4.78, 5) is 16.5. The fourth-order valence-electron chi connectivity index (χ4n) is 3.94. The number of benzene rings is 2. The Morgan fingerprint density at radius 3 is 2.61 bits per heavy atom. The Labute approximate surface area is 202 Å². The summed E-state index contributed by atoms with van der Waals surface area (Å²) < 4.78 is 13.4. The van der Waals surface area contributed by atoms with Crippen molar-refractivity contribution in [2.45, 2.75) is 20.4 Å². The lowest BCUT2D eigenvalue weighted by atomic mass is 10.1. The van der Waals surface area contributed by atoms with Gasteiger partial charge in [0.15, 0.2) is 0 Å². The van der Waals surface area contributed by atoms with Crippen LogP contribution in [0, 0.1) is 6.92 Å². The van der Waals surface area contributed by atoms with Crippen molar-refractivity contribution in [3.63, 3.8) is 0 Å². The van der Waals surface area contributed by atoms with Crippen LogP contribution in [0.2, 0.25) is 0 Å². The molecular weight excluding hydrogens is 482 g/mol. The lowest BCUT2D eigenvalue weighted by molar-refractivity contribution is 0.0519. The molecule has 1 N–H and O–H groups in total. The molecule has 6 nitrogen and oxygen atoms in total. The van der Waals surface area contributed by atoms with Crippen molar-refractivity contribution in [1.29, 1.82) is 0 Å². The molecule has 0 bridgehead atoms. The van der Waals surface area contributed by atoms with Gasteiger partial charge in [-0.3, -0.25) is 0 Å². The van der Waals surface area contributed by atoms with Gasteiger partial charge in [0.05, 0.1) is 31.5 Å². The van der Waals surface area contributed by atoms with Gasteiger partial charge < -0.3 is 19.4 Å². The summed E-state index contributed by atoms with van der Waals surface area (Å²) in [6.45, 7) is 8.77. The number of hydrogen-bond acceptors (Lipinski definition) is 5. The minimum Gasteiger partial charge on any atom is -0.461 e. The molecule has 1 fully saturated rings. The zero-order valence-electron chi connectivity index (χ0n) is 18.9. The SMILES string of the molecule is C1COCCN1.CCOC(=O)c1cc2c3ccccc3n(Cc3cc(C)ccc3Br)c2cn1. The Bertz CT molecular complexity index is 1250. The average molecular weight is 510 g/mol. The molecule has 3 heterocycles. The molecule has 0 unspecified atom stereocenters. The number of halogens is 1. The van der Waals surface area contributed by atoms with E-state index in [4.69, 9.17) is 9.47 Å². The molecular formula is C26H28BrN3O3. The van der Waals surface area contributed by atoms with Crippen LogP contribution in [0.5, 0.6) is 0 Å². The number of para-hydroxylation sites is 1. The normalized spacial score (nSPS) is 13.5. The molecule has 7 heteroatoms. The first-order valence-electron chi connectivity index (χ1n) is 11.2. The lowest BCUT2D eigenvalue weighted by Crippen LogP contribution is -2.30. The molecule has 2 aromatic heterocycles. The van der Waals surface area contributed by atoms with E-state index in [-0.39, 0.29) is 0 Å². The van der Waals surface area contributed by atoms with E-state index < -0.39 is 5.97 Å². The maximum atomic E-state index is 12.1. The number of nitrogens with zero attached hydrogens (tertiary/aromatic N) is 2. The van der Waals surface area contributed by atoms with Crippen LogP contribution in [-0.4, -0.2) is 48.4 Å². The van der Waals surface area contributed by atoms with Gasteiger partial charge in [0.1, 0.15) is 5.69 Å². The van der Waals surface area contributed by atoms with Crippen LogP contribution in [0.25, 0.3) is 21.8 Å². The smallest absolute Gasteiger partial charge is 0.356 e. The minimum absolute atomic E-state index is 0.335. The minimum atomic E-state index is -0.391. The third-order valence-electron chi connectivity index (χ3n) is 5.52. The van der Waals surface area contributed by atoms with Crippen molar-refractivity contribution in [2.75, 3.05) is 32.9 Å². The highest BCUT2D eigenvalue weighted by molar-refractivity contribution is 9.10. The quantitative estimate of drug-likeness (QED) is 0.388. The molecule has 0 spiro atoms. The Kier molecular flexibility index (Phi) is 7.75. The zero-order valence-corrected chi connectivity index (χ0v) is 20.5. The summed E-state index contributed by atoms with van der Waals surface area (Å²) in [5.41, 5.74) is 4.87. The van der Waals surface area contributed by atoms with Gasteiger partial charge in [-0.15, -0.1) is 0 Å². The van der Waals surface area contributed by atoms with E-state index in [1.807, 2.05) is 18.2 Å². The highest BCUT2D eigenvalue weighted by Crippen LogP contribution is 2.31. The van der Waals surface area contributed by atoms with Crippen molar-refractivity contribution in [3.8, 4) is 0 Å². The van der Waals surface area contributed by atoms with Crippen LogP contribution in [-0.2, 0) is 16.0 Å². The van der Waals surface area contributed by atoms with Crippen molar-refractivity contribution >= 4 is 43.7 Å². The maximum absolute atomic E-state index is 12.1. The largest absolute Gasteiger partial charge is 0.461 e. The van der Waals surface area contributed by atoms with Crippen molar-refractivity contribution in [2.24, 2.45) is 0 Å². The lowest BCUT2D eigenvalue weighted by Gasteiger charge is -2.10. The molecule has 0 aliphatic carbocycles. The van der Waals surface area contributed by atoms with Crippen LogP contribution in [0.15, 0.2) is 59.2 Å². The molecule has 1 aliphatic rings. The second kappa shape index (κ2) is 10.9. The van der Waals surface area contributed by atoms with Gasteiger partial charge in [-0.2, -0.15) is 0 Å². The van der Waals surface area contributed by atoms with Crippen molar-refractivity contribution in [1.82, 2.24) is 14.9 Å². The van der Waals surface area contributed by atoms with Gasteiger partial charge in [0.25, 0.3) is 0 Å². The number of hydrogen-bond donors (Lipinski definition) is 1. The van der Waals surface area contributed by atoms with E-state index >= 15 is 0 Å². The van der Waals surface area contributed by atoms with Gasteiger partial charge in [0, 0.05) is 40.4 Å². The third-order valence-corrected chi connectivity index (χ3v) is 6.29. The first kappa shape index (κ1) is 23.4. The first-order valence-corrected chi connectivity index (χ1v) is 12.0. The summed E-state index contributed by atoms with van der Waals surface area (Å²) in [6, 6.07) is 16.4. The highest BCUT2D eigenvalue weighted by Gasteiger charge is 2.16. The van der Waals surface area contributed by atoms with E-state index in [9.17, 15) is 4.79 Å². The van der Waals surface area contributed by atoms with Crippen LogP contribution in [0.4, 0.5) is 0 Å². The van der Waals surface area contributed by atoms with Gasteiger partial charge >= 0.3 is 5.97 Å². The Hall–Kier alpha value is -2.74. The number of esters is 1. The molecule has 0 radical (unpaired) electrons. The van der Waals surface area contributed by atoms with Gasteiger partial charge in [0.2, 0.25) is 0 Å². The summed E-state index contributed by atoms with van der Waals surface area (Å²) >= 11 is 3.66. The van der Waals surface area contributed by atoms with Gasteiger partial charge in [-0.05, 0) is 37.6 Å². The van der Waals surface area contributed by atoms with Crippen LogP contribution in [0.3, 0.4) is 0 Å². The number of nitrogens with one attached hydrogen (secondary N) is 1. The molecule has 0 saturated carbocycles. The summed E-state index contributed by atoms with van der Waals surface area (Å²) in [5.74, 6) is -0.391. The second-order valence-electron chi connectivity index (χ2n) is 7.87. The Morgan fingerprint density at radius 2 is 1.91 bits per heavy atom. The average Bonchev–Trinajstić information content (AvgIpc) is 3.16. The first-order chi connectivity index (χ1) is 16.1. The predicted octanol–water partition coefficient (Wildman–Crippen LogP) is 5.09. The van der Waals surface area contributed by atoms with Crippen LogP contribution >= 0.6 is 15.9 Å². The van der Waals surface area contributed by atoms with Crippen LogP contribution in [0.1, 0.15) is 28.5 Å². The number of aryl methyl sites for hydroxylation is 1. The number of aromatic nitrogens is 2. The molecule has 5 rings (SSSR count). The maximum Gasteiger partial charge on any atom is 0.356 e. The molecule has 4 aromatic rings. The molecule has 1 aliphatic heterocycles. The number of rotatable bonds is 4. The zero-order chi connectivity index (χ0) is 23.2. The molecule has 33 heavy (non-hydrogen) atoms. The number of ether oxygens (including phenoxy) is 2. The molecule has 2 aromatic carbocycles. The van der Waals surface area contributed by atoms with Gasteiger partial charge in [-0.25, -0.2) is 9.78 Å². The number of carbonyl (C=O) groups is 1. The Morgan fingerprint density at radius 1 is 1.12 bits per heavy atom. The fraction of sp³-hybridized carbons (Fsp3) is 0.308. The molecule has 172 valence electrons. The van der Waals surface area contributed by atoms with Gasteiger partial charge in [-0.1, -0.05) is 51.8 Å². The van der Waals surface area contributed by atoms with Crippen molar-refractivity contribution < 1.29 is 14.3 Å². The van der Waals surface area contributed by atoms with E-state index in [1.54, 1.807) is 13.1 Å². The van der Waals surface area contributed by atoms with E-state index in [0.29, 0.717) is 18.8 Å². The monoisotopic (exact) mass is 509 g/mol. The van der Waals surface area contributed by atoms with E-state index in [0.717, 1.165) is 52.6 Å². The predicted molar refractivity (Wildman–Crippen MR) is 135 cm³/mol.